The molecule has 0 unspecified atom stereocenters. The van der Waals surface area contributed by atoms with Gasteiger partial charge in [-0.1, -0.05) is 41.4 Å². The van der Waals surface area contributed by atoms with Gasteiger partial charge in [0.1, 0.15) is 0 Å². The summed E-state index contributed by atoms with van der Waals surface area (Å²) in [6, 6.07) is 4.82. The van der Waals surface area contributed by atoms with Gasteiger partial charge in [0.2, 0.25) is 0 Å². The fourth-order valence-electron chi connectivity index (χ4n) is 1.000. The molecule has 0 aliphatic rings. The second-order valence-corrected chi connectivity index (χ2v) is 3.78. The fourth-order valence-corrected chi connectivity index (χ4v) is 1.30. The van der Waals surface area contributed by atoms with Crippen LogP contribution in [0.2, 0.25) is 10.0 Å². The Hall–Kier alpha value is -1.67. The van der Waals surface area contributed by atoms with E-state index in [-0.39, 0.29) is 11.9 Å². The first-order valence-corrected chi connectivity index (χ1v) is 5.60. The number of allylic oxidation sites excluding steroid dienone is 4. The van der Waals surface area contributed by atoms with E-state index in [1.807, 2.05) is 13.0 Å². The standard InChI is InChI=1S/C12H10Cl2O.CO2/c1-2-3-4-5-12(15)9-6-7-10(13)11(14)8-9;2-1-3/h2-8H,1H3;/b3-2-,5-4+;. The van der Waals surface area contributed by atoms with Gasteiger partial charge in [-0.05, 0) is 31.2 Å². The van der Waals surface area contributed by atoms with E-state index >= 15 is 0 Å². The average molecular weight is 285 g/mol. The molecule has 18 heavy (non-hydrogen) atoms. The van der Waals surface area contributed by atoms with E-state index in [1.165, 1.54) is 6.08 Å². The third kappa shape index (κ3) is 6.16. The lowest BCUT2D eigenvalue weighted by Gasteiger charge is -1.98. The molecule has 0 bridgehead atoms. The zero-order valence-electron chi connectivity index (χ0n) is 9.52. The van der Waals surface area contributed by atoms with Gasteiger partial charge in [0.05, 0.1) is 10.0 Å². The first kappa shape index (κ1) is 16.3. The molecule has 0 saturated carbocycles. The Morgan fingerprint density at radius 2 is 1.78 bits per heavy atom. The highest BCUT2D eigenvalue weighted by atomic mass is 35.5. The highest BCUT2D eigenvalue weighted by Crippen LogP contribution is 2.22. The Labute approximate surface area is 115 Å². The van der Waals surface area contributed by atoms with Gasteiger partial charge < -0.3 is 0 Å². The summed E-state index contributed by atoms with van der Waals surface area (Å²) in [6.45, 7) is 1.88. The zero-order valence-corrected chi connectivity index (χ0v) is 11.0. The van der Waals surface area contributed by atoms with Gasteiger partial charge in [-0.3, -0.25) is 4.79 Å². The van der Waals surface area contributed by atoms with E-state index in [1.54, 1.807) is 30.4 Å². The number of ketones is 1. The van der Waals surface area contributed by atoms with Crippen molar-refractivity contribution in [2.45, 2.75) is 6.92 Å². The Kier molecular flexibility index (Phi) is 8.50. The van der Waals surface area contributed by atoms with Crippen LogP contribution in [-0.4, -0.2) is 11.9 Å². The minimum Gasteiger partial charge on any atom is -0.289 e. The lowest BCUT2D eigenvalue weighted by Crippen LogP contribution is -1.93. The Morgan fingerprint density at radius 3 is 2.28 bits per heavy atom. The maximum Gasteiger partial charge on any atom is 0.373 e. The summed E-state index contributed by atoms with van der Waals surface area (Å²) < 4.78 is 0. The number of hydrogen-bond donors (Lipinski definition) is 0. The molecule has 0 heterocycles. The predicted molar refractivity (Wildman–Crippen MR) is 69.8 cm³/mol. The third-order valence-corrected chi connectivity index (χ3v) is 2.49. The van der Waals surface area contributed by atoms with Crippen molar-refractivity contribution in [2.24, 2.45) is 0 Å². The number of benzene rings is 1. The zero-order chi connectivity index (χ0) is 14.0. The monoisotopic (exact) mass is 284 g/mol. The van der Waals surface area contributed by atoms with Crippen LogP contribution in [0.25, 0.3) is 0 Å². The molecular formula is C13H10Cl2O3. The van der Waals surface area contributed by atoms with E-state index in [4.69, 9.17) is 32.8 Å². The van der Waals surface area contributed by atoms with E-state index in [2.05, 4.69) is 0 Å². The van der Waals surface area contributed by atoms with E-state index in [9.17, 15) is 4.79 Å². The molecule has 0 atom stereocenters. The van der Waals surface area contributed by atoms with Crippen LogP contribution in [0, 0.1) is 0 Å². The highest BCUT2D eigenvalue weighted by Gasteiger charge is 2.04. The molecule has 1 rings (SSSR count). The van der Waals surface area contributed by atoms with Crippen LogP contribution in [-0.2, 0) is 9.59 Å². The number of carbonyl (C=O) groups excluding carboxylic acids is 3. The van der Waals surface area contributed by atoms with Crippen LogP contribution in [0.5, 0.6) is 0 Å². The molecule has 3 nitrogen and oxygen atoms in total. The number of halogens is 2. The second kappa shape index (κ2) is 9.37. The summed E-state index contributed by atoms with van der Waals surface area (Å²) in [7, 11) is 0. The van der Waals surface area contributed by atoms with Crippen LogP contribution >= 0.6 is 23.2 Å². The summed E-state index contributed by atoms with van der Waals surface area (Å²) in [4.78, 5) is 27.8. The van der Waals surface area contributed by atoms with Crippen molar-refractivity contribution in [1.82, 2.24) is 0 Å². The summed E-state index contributed by atoms with van der Waals surface area (Å²) in [5, 5.41) is 0.840. The first-order chi connectivity index (χ1) is 8.56. The maximum absolute atomic E-state index is 11.6. The molecule has 0 aliphatic carbocycles. The Balaban J connectivity index is 0.000000873. The Bertz CT molecular complexity index is 499. The van der Waals surface area contributed by atoms with Gasteiger partial charge >= 0.3 is 6.15 Å². The van der Waals surface area contributed by atoms with Crippen LogP contribution in [0.3, 0.4) is 0 Å². The second-order valence-electron chi connectivity index (χ2n) is 2.96. The summed E-state index contributed by atoms with van der Waals surface area (Å²) in [6.07, 6.45) is 7.05. The van der Waals surface area contributed by atoms with Crippen molar-refractivity contribution >= 4 is 35.1 Å². The Morgan fingerprint density at radius 1 is 1.17 bits per heavy atom. The molecule has 0 aromatic heterocycles. The van der Waals surface area contributed by atoms with Gasteiger partial charge in [0.25, 0.3) is 0 Å². The van der Waals surface area contributed by atoms with E-state index in [0.717, 1.165) is 0 Å². The fraction of sp³-hybridized carbons (Fsp3) is 0.0769. The molecule has 0 aliphatic heterocycles. The molecular weight excluding hydrogens is 275 g/mol. The average Bonchev–Trinajstić information content (AvgIpc) is 2.34. The van der Waals surface area contributed by atoms with Crippen molar-refractivity contribution in [1.29, 1.82) is 0 Å². The quantitative estimate of drug-likeness (QED) is 0.483. The van der Waals surface area contributed by atoms with Gasteiger partial charge in [-0.2, -0.15) is 9.59 Å². The van der Waals surface area contributed by atoms with E-state index < -0.39 is 0 Å². The molecule has 5 heteroatoms. The SMILES string of the molecule is C/C=C\C=C\C(=O)c1ccc(Cl)c(Cl)c1.O=C=O. The lowest BCUT2D eigenvalue weighted by atomic mass is 10.1. The molecule has 0 spiro atoms. The van der Waals surface area contributed by atoms with Gasteiger partial charge in [-0.25, -0.2) is 0 Å². The number of hydrogen-bond acceptors (Lipinski definition) is 3. The molecule has 1 aromatic rings. The third-order valence-electron chi connectivity index (χ3n) is 1.76. The van der Waals surface area contributed by atoms with Gasteiger partial charge in [0.15, 0.2) is 5.78 Å². The molecule has 0 fully saturated rings. The van der Waals surface area contributed by atoms with Gasteiger partial charge in [0, 0.05) is 5.56 Å². The topological polar surface area (TPSA) is 51.2 Å². The summed E-state index contributed by atoms with van der Waals surface area (Å²) >= 11 is 11.5. The van der Waals surface area contributed by atoms with Crippen molar-refractivity contribution in [3.8, 4) is 0 Å². The van der Waals surface area contributed by atoms with Crippen LogP contribution < -0.4 is 0 Å². The number of rotatable bonds is 3. The highest BCUT2D eigenvalue weighted by molar-refractivity contribution is 6.42. The van der Waals surface area contributed by atoms with Gasteiger partial charge in [-0.15, -0.1) is 0 Å². The molecule has 0 N–H and O–H groups in total. The minimum absolute atomic E-state index is 0.0910. The minimum atomic E-state index is -0.0910. The smallest absolute Gasteiger partial charge is 0.289 e. The molecule has 94 valence electrons. The lowest BCUT2D eigenvalue weighted by molar-refractivity contribution is -0.191. The van der Waals surface area contributed by atoms with Crippen molar-refractivity contribution in [2.75, 3.05) is 0 Å². The molecule has 0 amide bonds. The number of carbonyl (C=O) groups is 1. The molecule has 1 aromatic carbocycles. The van der Waals surface area contributed by atoms with Crippen molar-refractivity contribution < 1.29 is 14.4 Å². The first-order valence-electron chi connectivity index (χ1n) is 4.84. The van der Waals surface area contributed by atoms with Crippen molar-refractivity contribution in [3.63, 3.8) is 0 Å². The van der Waals surface area contributed by atoms with Crippen molar-refractivity contribution in [3.05, 3.63) is 58.1 Å². The van der Waals surface area contributed by atoms with E-state index in [0.29, 0.717) is 15.6 Å². The van der Waals surface area contributed by atoms with Crippen LogP contribution in [0.4, 0.5) is 0 Å². The predicted octanol–water partition coefficient (Wildman–Crippen LogP) is 3.72. The molecule has 0 radical (unpaired) electrons. The maximum atomic E-state index is 11.6. The van der Waals surface area contributed by atoms with Crippen LogP contribution in [0.15, 0.2) is 42.5 Å². The largest absolute Gasteiger partial charge is 0.373 e. The molecule has 0 saturated heterocycles. The normalized spacial score (nSPS) is 9.94. The van der Waals surface area contributed by atoms with Crippen LogP contribution in [0.1, 0.15) is 17.3 Å². The summed E-state index contributed by atoms with van der Waals surface area (Å²) in [5.74, 6) is -0.0910. The summed E-state index contributed by atoms with van der Waals surface area (Å²) in [5.41, 5.74) is 0.533.